The second-order valence-electron chi connectivity index (χ2n) is 7.11. The number of hydrogen-bond acceptors (Lipinski definition) is 6. The number of nitrogens with zero attached hydrogens (tertiary/aromatic N) is 1. The zero-order chi connectivity index (χ0) is 21.7. The Morgan fingerprint density at radius 2 is 1.80 bits per heavy atom. The fourth-order valence-corrected chi connectivity index (χ4v) is 5.37. The lowest BCUT2D eigenvalue weighted by atomic mass is 10.1. The van der Waals surface area contributed by atoms with Gasteiger partial charge in [-0.1, -0.05) is 18.2 Å². The first-order chi connectivity index (χ1) is 14.4. The van der Waals surface area contributed by atoms with Crippen molar-refractivity contribution >= 4 is 15.7 Å². The highest BCUT2D eigenvalue weighted by molar-refractivity contribution is 7.91. The molecular formula is C22H27NO6S. The van der Waals surface area contributed by atoms with E-state index in [0.29, 0.717) is 35.8 Å². The second kappa shape index (κ2) is 9.38. The lowest BCUT2D eigenvalue weighted by Gasteiger charge is -2.29. The molecule has 0 aromatic heterocycles. The molecular weight excluding hydrogens is 406 g/mol. The van der Waals surface area contributed by atoms with E-state index in [1.54, 1.807) is 55.5 Å². The lowest BCUT2D eigenvalue weighted by molar-refractivity contribution is 0.0676. The van der Waals surface area contributed by atoms with E-state index >= 15 is 0 Å². The molecule has 8 heteroatoms. The van der Waals surface area contributed by atoms with Crippen molar-refractivity contribution in [1.29, 1.82) is 0 Å². The first-order valence-electron chi connectivity index (χ1n) is 9.82. The molecule has 1 amide bonds. The summed E-state index contributed by atoms with van der Waals surface area (Å²) in [5.74, 6) is 1.42. The summed E-state index contributed by atoms with van der Waals surface area (Å²) in [4.78, 5) is 15.1. The van der Waals surface area contributed by atoms with Gasteiger partial charge in [0.05, 0.1) is 37.9 Å². The van der Waals surface area contributed by atoms with Gasteiger partial charge in [-0.05, 0) is 43.2 Å². The fourth-order valence-electron chi connectivity index (χ4n) is 3.64. The molecule has 7 nitrogen and oxygen atoms in total. The van der Waals surface area contributed by atoms with E-state index in [0.717, 1.165) is 5.56 Å². The third-order valence-corrected chi connectivity index (χ3v) is 6.88. The Morgan fingerprint density at radius 3 is 2.43 bits per heavy atom. The van der Waals surface area contributed by atoms with Crippen molar-refractivity contribution in [2.75, 3.05) is 32.3 Å². The number of amides is 1. The highest BCUT2D eigenvalue weighted by Gasteiger charge is 2.36. The number of carbonyl (C=O) groups is 1. The summed E-state index contributed by atoms with van der Waals surface area (Å²) in [6, 6.07) is 12.1. The van der Waals surface area contributed by atoms with Gasteiger partial charge in [-0.15, -0.1) is 0 Å². The first kappa shape index (κ1) is 22.0. The van der Waals surface area contributed by atoms with E-state index in [9.17, 15) is 13.2 Å². The number of para-hydroxylation sites is 1. The number of benzene rings is 2. The number of carbonyl (C=O) groups excluding carboxylic acids is 1. The molecule has 162 valence electrons. The van der Waals surface area contributed by atoms with Gasteiger partial charge in [0.15, 0.2) is 21.3 Å². The number of sulfone groups is 1. The van der Waals surface area contributed by atoms with Crippen molar-refractivity contribution < 1.29 is 27.4 Å². The van der Waals surface area contributed by atoms with Crippen LogP contribution in [0.4, 0.5) is 0 Å². The number of methoxy groups -OCH3 is 2. The predicted octanol–water partition coefficient (Wildman–Crippen LogP) is 2.93. The van der Waals surface area contributed by atoms with E-state index in [4.69, 9.17) is 14.2 Å². The maximum Gasteiger partial charge on any atom is 0.258 e. The minimum absolute atomic E-state index is 0.0389. The first-order valence-corrected chi connectivity index (χ1v) is 11.6. The molecule has 0 N–H and O–H groups in total. The number of rotatable bonds is 8. The standard InChI is InChI=1S/C22H27NO6S/c1-4-29-19-8-6-5-7-18(19)22(24)23(17-11-12-30(25,26)15-17)14-16-9-10-20(27-2)21(13-16)28-3/h5-10,13,17H,4,11-12,14-15H2,1-3H3/t17-/m0/s1. The van der Waals surface area contributed by atoms with Gasteiger partial charge in [0, 0.05) is 12.6 Å². The summed E-state index contributed by atoms with van der Waals surface area (Å²) >= 11 is 0. The molecule has 2 aromatic rings. The van der Waals surface area contributed by atoms with E-state index in [-0.39, 0.29) is 24.0 Å². The molecule has 1 saturated heterocycles. The molecule has 0 radical (unpaired) electrons. The molecule has 3 rings (SSSR count). The van der Waals surface area contributed by atoms with Crippen LogP contribution in [0.15, 0.2) is 42.5 Å². The molecule has 1 aliphatic rings. The summed E-state index contributed by atoms with van der Waals surface area (Å²) < 4.78 is 40.5. The average Bonchev–Trinajstić information content (AvgIpc) is 3.11. The molecule has 1 atom stereocenters. The Morgan fingerprint density at radius 1 is 1.07 bits per heavy atom. The van der Waals surface area contributed by atoms with Crippen LogP contribution in [0.3, 0.4) is 0 Å². The number of hydrogen-bond donors (Lipinski definition) is 0. The smallest absolute Gasteiger partial charge is 0.258 e. The van der Waals surface area contributed by atoms with Crippen molar-refractivity contribution in [3.63, 3.8) is 0 Å². The molecule has 0 saturated carbocycles. The van der Waals surface area contributed by atoms with Gasteiger partial charge in [0.1, 0.15) is 5.75 Å². The maximum atomic E-state index is 13.5. The summed E-state index contributed by atoms with van der Waals surface area (Å²) in [6.45, 7) is 2.53. The van der Waals surface area contributed by atoms with E-state index in [2.05, 4.69) is 0 Å². The van der Waals surface area contributed by atoms with Crippen LogP contribution < -0.4 is 14.2 Å². The Kier molecular flexibility index (Phi) is 6.87. The topological polar surface area (TPSA) is 82.1 Å². The molecule has 0 spiro atoms. The minimum Gasteiger partial charge on any atom is -0.493 e. The Balaban J connectivity index is 1.97. The predicted molar refractivity (Wildman–Crippen MR) is 114 cm³/mol. The van der Waals surface area contributed by atoms with Crippen LogP contribution in [-0.4, -0.2) is 57.6 Å². The average molecular weight is 434 g/mol. The molecule has 1 aliphatic heterocycles. The van der Waals surface area contributed by atoms with Crippen molar-refractivity contribution in [2.45, 2.75) is 25.9 Å². The zero-order valence-electron chi connectivity index (χ0n) is 17.5. The summed E-state index contributed by atoms with van der Waals surface area (Å²) in [5.41, 5.74) is 1.24. The Hall–Kier alpha value is -2.74. The van der Waals surface area contributed by atoms with Crippen LogP contribution in [-0.2, 0) is 16.4 Å². The van der Waals surface area contributed by atoms with E-state index in [1.165, 1.54) is 0 Å². The van der Waals surface area contributed by atoms with E-state index in [1.807, 2.05) is 13.0 Å². The van der Waals surface area contributed by atoms with Crippen molar-refractivity contribution in [3.05, 3.63) is 53.6 Å². The van der Waals surface area contributed by atoms with Gasteiger partial charge in [-0.2, -0.15) is 0 Å². The van der Waals surface area contributed by atoms with Crippen molar-refractivity contribution in [1.82, 2.24) is 4.90 Å². The van der Waals surface area contributed by atoms with Crippen molar-refractivity contribution in [3.8, 4) is 17.2 Å². The van der Waals surface area contributed by atoms with Gasteiger partial charge in [-0.3, -0.25) is 4.79 Å². The quantitative estimate of drug-likeness (QED) is 0.637. The highest BCUT2D eigenvalue weighted by atomic mass is 32.2. The van der Waals surface area contributed by atoms with Crippen LogP contribution in [0, 0.1) is 0 Å². The third kappa shape index (κ3) is 4.87. The normalized spacial score (nSPS) is 17.4. The molecule has 0 unspecified atom stereocenters. The maximum absolute atomic E-state index is 13.5. The van der Waals surface area contributed by atoms with Crippen molar-refractivity contribution in [2.24, 2.45) is 0 Å². The molecule has 0 aliphatic carbocycles. The summed E-state index contributed by atoms with van der Waals surface area (Å²) in [6.07, 6.45) is 0.415. The van der Waals surface area contributed by atoms with E-state index < -0.39 is 15.9 Å². The second-order valence-corrected chi connectivity index (χ2v) is 9.34. The molecule has 30 heavy (non-hydrogen) atoms. The van der Waals surface area contributed by atoms with Crippen LogP contribution in [0.5, 0.6) is 17.2 Å². The van der Waals surface area contributed by atoms with Crippen LogP contribution in [0.25, 0.3) is 0 Å². The SMILES string of the molecule is CCOc1ccccc1C(=O)N(Cc1ccc(OC)c(OC)c1)[C@H]1CCS(=O)(=O)C1. The monoisotopic (exact) mass is 433 g/mol. The summed E-state index contributed by atoms with van der Waals surface area (Å²) in [7, 11) is -0.0571. The number of ether oxygens (including phenoxy) is 3. The molecule has 2 aromatic carbocycles. The van der Waals surface area contributed by atoms with Crippen LogP contribution >= 0.6 is 0 Å². The minimum atomic E-state index is -3.16. The molecule has 1 fully saturated rings. The third-order valence-electron chi connectivity index (χ3n) is 5.13. The Bertz CT molecular complexity index is 1000. The zero-order valence-corrected chi connectivity index (χ0v) is 18.3. The molecule has 1 heterocycles. The van der Waals surface area contributed by atoms with Crippen LogP contribution in [0.2, 0.25) is 0 Å². The fraction of sp³-hybridized carbons (Fsp3) is 0.409. The highest BCUT2D eigenvalue weighted by Crippen LogP contribution is 2.30. The van der Waals surface area contributed by atoms with Gasteiger partial charge in [-0.25, -0.2) is 8.42 Å². The molecule has 0 bridgehead atoms. The van der Waals surface area contributed by atoms with Gasteiger partial charge in [0.25, 0.3) is 5.91 Å². The van der Waals surface area contributed by atoms with Gasteiger partial charge in [0.2, 0.25) is 0 Å². The van der Waals surface area contributed by atoms with Gasteiger partial charge < -0.3 is 19.1 Å². The Labute approximate surface area is 177 Å². The lowest BCUT2D eigenvalue weighted by Crippen LogP contribution is -2.40. The van der Waals surface area contributed by atoms with Crippen LogP contribution in [0.1, 0.15) is 29.3 Å². The van der Waals surface area contributed by atoms with Gasteiger partial charge >= 0.3 is 0 Å². The largest absolute Gasteiger partial charge is 0.493 e. The summed E-state index contributed by atoms with van der Waals surface area (Å²) in [5, 5.41) is 0.